The highest BCUT2D eigenvalue weighted by Crippen LogP contribution is 2.14. The van der Waals surface area contributed by atoms with Crippen molar-refractivity contribution in [2.75, 3.05) is 5.73 Å². The van der Waals surface area contributed by atoms with Gasteiger partial charge >= 0.3 is 0 Å². The molecule has 16 heavy (non-hydrogen) atoms. The van der Waals surface area contributed by atoms with Crippen LogP contribution in [0.2, 0.25) is 5.02 Å². The molecule has 0 radical (unpaired) electrons. The molecule has 0 amide bonds. The Labute approximate surface area is 106 Å². The molecule has 0 aliphatic carbocycles. The lowest BCUT2D eigenvalue weighted by molar-refractivity contribution is -0.688. The monoisotopic (exact) mass is 254 g/mol. The Hall–Kier alpha value is -1.25. The molecule has 1 heterocycles. The van der Waals surface area contributed by atoms with E-state index in [-0.39, 0.29) is 12.4 Å². The summed E-state index contributed by atoms with van der Waals surface area (Å²) in [4.78, 5) is 0. The molecule has 0 bridgehead atoms. The highest BCUT2D eigenvalue weighted by atomic mass is 35.5. The van der Waals surface area contributed by atoms with Gasteiger partial charge in [0.1, 0.15) is 0 Å². The summed E-state index contributed by atoms with van der Waals surface area (Å²) in [5.74, 6) is 0. The predicted molar refractivity (Wildman–Crippen MR) is 61.6 cm³/mol. The minimum atomic E-state index is 0. The summed E-state index contributed by atoms with van der Waals surface area (Å²) in [6.45, 7) is 0.764. The maximum atomic E-state index is 6.07. The first-order chi connectivity index (χ1) is 7.25. The van der Waals surface area contributed by atoms with Crippen molar-refractivity contribution in [1.29, 1.82) is 0 Å². The lowest BCUT2D eigenvalue weighted by Crippen LogP contribution is -3.00. The molecule has 2 nitrogen and oxygen atoms in total. The number of nitrogens with zero attached hydrogens (tertiary/aromatic N) is 1. The number of nitrogens with two attached hydrogens (primary N) is 1. The Morgan fingerprint density at radius 2 is 1.69 bits per heavy atom. The van der Waals surface area contributed by atoms with Gasteiger partial charge in [0.2, 0.25) is 0 Å². The molecule has 0 saturated carbocycles. The quantitative estimate of drug-likeness (QED) is 0.704. The average Bonchev–Trinajstić information content (AvgIpc) is 2.25. The van der Waals surface area contributed by atoms with Crippen molar-refractivity contribution in [2.45, 2.75) is 6.54 Å². The molecule has 0 saturated heterocycles. The number of anilines is 1. The van der Waals surface area contributed by atoms with Gasteiger partial charge in [0.25, 0.3) is 0 Å². The van der Waals surface area contributed by atoms with Gasteiger partial charge in [-0.25, -0.2) is 4.57 Å². The fourth-order valence-corrected chi connectivity index (χ4v) is 1.59. The molecular formula is C12H12Cl2N2. The third kappa shape index (κ3) is 3.12. The summed E-state index contributed by atoms with van der Waals surface area (Å²) >= 11 is 6.07. The first-order valence-electron chi connectivity index (χ1n) is 4.74. The van der Waals surface area contributed by atoms with Crippen molar-refractivity contribution in [1.82, 2.24) is 0 Å². The second-order valence-electron chi connectivity index (χ2n) is 3.40. The highest BCUT2D eigenvalue weighted by molar-refractivity contribution is 6.31. The lowest BCUT2D eigenvalue weighted by atomic mass is 10.2. The predicted octanol–water partition coefficient (Wildman–Crippen LogP) is -0.738. The van der Waals surface area contributed by atoms with E-state index < -0.39 is 0 Å². The van der Waals surface area contributed by atoms with E-state index in [0.717, 1.165) is 22.8 Å². The number of rotatable bonds is 2. The summed E-state index contributed by atoms with van der Waals surface area (Å²) < 4.78 is 2.04. The molecule has 84 valence electrons. The smallest absolute Gasteiger partial charge is 0.175 e. The average molecular weight is 255 g/mol. The number of nitrogen functional groups attached to an aromatic ring is 1. The van der Waals surface area contributed by atoms with E-state index in [1.807, 2.05) is 53.4 Å². The summed E-state index contributed by atoms with van der Waals surface area (Å²) in [6, 6.07) is 11.6. The number of hydrogen-bond acceptors (Lipinski definition) is 1. The van der Waals surface area contributed by atoms with Gasteiger partial charge in [0.05, 0.1) is 5.02 Å². The van der Waals surface area contributed by atoms with Crippen molar-refractivity contribution in [3.63, 3.8) is 0 Å². The number of aromatic nitrogens is 1. The van der Waals surface area contributed by atoms with E-state index >= 15 is 0 Å². The Bertz CT molecular complexity index is 455. The van der Waals surface area contributed by atoms with Gasteiger partial charge in [-0.15, -0.1) is 0 Å². The maximum Gasteiger partial charge on any atom is 0.175 e. The van der Waals surface area contributed by atoms with Crippen molar-refractivity contribution < 1.29 is 17.0 Å². The number of halogens is 2. The molecule has 0 aliphatic heterocycles. The van der Waals surface area contributed by atoms with Crippen LogP contribution >= 0.6 is 11.6 Å². The zero-order valence-corrected chi connectivity index (χ0v) is 10.1. The van der Waals surface area contributed by atoms with E-state index in [1.54, 1.807) is 0 Å². The number of benzene rings is 1. The van der Waals surface area contributed by atoms with Gasteiger partial charge in [-0.1, -0.05) is 29.8 Å². The van der Waals surface area contributed by atoms with E-state index in [4.69, 9.17) is 17.3 Å². The summed E-state index contributed by atoms with van der Waals surface area (Å²) in [5.41, 5.74) is 7.48. The first kappa shape index (κ1) is 12.8. The Kier molecular flexibility index (Phi) is 4.59. The molecule has 0 unspecified atom stereocenters. The van der Waals surface area contributed by atoms with Crippen LogP contribution < -0.4 is 22.7 Å². The third-order valence-corrected chi connectivity index (χ3v) is 2.60. The zero-order chi connectivity index (χ0) is 10.7. The normalized spacial score (nSPS) is 9.56. The molecular weight excluding hydrogens is 243 g/mol. The molecule has 0 fully saturated rings. The van der Waals surface area contributed by atoms with Crippen LogP contribution in [0.15, 0.2) is 48.8 Å². The second kappa shape index (κ2) is 5.73. The van der Waals surface area contributed by atoms with Crippen LogP contribution in [0.5, 0.6) is 0 Å². The van der Waals surface area contributed by atoms with E-state index in [2.05, 4.69) is 0 Å². The standard InChI is InChI=1S/C12H11ClN2.ClH/c13-12-4-2-1-3-10(12)9-15-7-5-11(14)6-8-15;/h1-8,14H,9H2;1H. The van der Waals surface area contributed by atoms with Crippen molar-refractivity contribution in [2.24, 2.45) is 0 Å². The maximum absolute atomic E-state index is 6.07. The topological polar surface area (TPSA) is 29.9 Å². The highest BCUT2D eigenvalue weighted by Gasteiger charge is 2.05. The van der Waals surface area contributed by atoms with Gasteiger partial charge in [-0.3, -0.25) is 0 Å². The molecule has 2 N–H and O–H groups in total. The van der Waals surface area contributed by atoms with Gasteiger partial charge in [0.15, 0.2) is 18.9 Å². The number of pyridine rings is 1. The fourth-order valence-electron chi connectivity index (χ4n) is 1.40. The van der Waals surface area contributed by atoms with Crippen LogP contribution in [0.25, 0.3) is 0 Å². The molecule has 4 heteroatoms. The van der Waals surface area contributed by atoms with Gasteiger partial charge in [-0.05, 0) is 6.07 Å². The number of hydrogen-bond donors (Lipinski definition) is 1. The van der Waals surface area contributed by atoms with Crippen molar-refractivity contribution >= 4 is 17.3 Å². The summed E-state index contributed by atoms with van der Waals surface area (Å²) in [7, 11) is 0. The minimum Gasteiger partial charge on any atom is -1.00 e. The minimum absolute atomic E-state index is 0. The lowest BCUT2D eigenvalue weighted by Gasteiger charge is -2.00. The largest absolute Gasteiger partial charge is 1.00 e. The van der Waals surface area contributed by atoms with Gasteiger partial charge in [0, 0.05) is 23.4 Å². The molecule has 0 aliphatic rings. The second-order valence-corrected chi connectivity index (χ2v) is 3.80. The molecule has 2 aromatic rings. The molecule has 0 spiro atoms. The third-order valence-electron chi connectivity index (χ3n) is 2.23. The first-order valence-corrected chi connectivity index (χ1v) is 5.11. The summed E-state index contributed by atoms with van der Waals surface area (Å²) in [5, 5.41) is 0.793. The molecule has 1 aromatic carbocycles. The Morgan fingerprint density at radius 1 is 1.06 bits per heavy atom. The molecule has 2 rings (SSSR count). The van der Waals surface area contributed by atoms with Crippen LogP contribution in [0, 0.1) is 0 Å². The molecule has 0 atom stereocenters. The SMILES string of the molecule is Nc1cc[n+](Cc2ccccc2Cl)cc1.[Cl-]. The van der Waals surface area contributed by atoms with Crippen molar-refractivity contribution in [3.8, 4) is 0 Å². The van der Waals surface area contributed by atoms with Crippen LogP contribution in [-0.4, -0.2) is 0 Å². The Morgan fingerprint density at radius 3 is 2.31 bits per heavy atom. The molecule has 1 aromatic heterocycles. The van der Waals surface area contributed by atoms with Gasteiger partial charge in [-0.2, -0.15) is 0 Å². The van der Waals surface area contributed by atoms with E-state index in [0.29, 0.717) is 0 Å². The van der Waals surface area contributed by atoms with Gasteiger partial charge < -0.3 is 18.1 Å². The summed E-state index contributed by atoms with van der Waals surface area (Å²) in [6.07, 6.45) is 3.89. The fraction of sp³-hybridized carbons (Fsp3) is 0.0833. The van der Waals surface area contributed by atoms with Crippen LogP contribution in [0.3, 0.4) is 0 Å². The zero-order valence-electron chi connectivity index (χ0n) is 8.61. The van der Waals surface area contributed by atoms with E-state index in [1.165, 1.54) is 0 Å². The van der Waals surface area contributed by atoms with Crippen molar-refractivity contribution in [3.05, 3.63) is 59.4 Å². The van der Waals surface area contributed by atoms with Crippen LogP contribution in [0.1, 0.15) is 5.56 Å². The van der Waals surface area contributed by atoms with Crippen LogP contribution in [0.4, 0.5) is 5.69 Å². The Balaban J connectivity index is 0.00000128. The van der Waals surface area contributed by atoms with Crippen LogP contribution in [-0.2, 0) is 6.54 Å². The van der Waals surface area contributed by atoms with E-state index in [9.17, 15) is 0 Å².